The first-order valence-corrected chi connectivity index (χ1v) is 17.7. The first-order valence-electron chi connectivity index (χ1n) is 16.8. The normalized spacial score (nSPS) is 18.8. The summed E-state index contributed by atoms with van der Waals surface area (Å²) >= 11 is 1.76. The predicted octanol–water partition coefficient (Wildman–Crippen LogP) is 11.1. The summed E-state index contributed by atoms with van der Waals surface area (Å²) in [7, 11) is 0. The molecule has 0 saturated heterocycles. The highest BCUT2D eigenvalue weighted by atomic mass is 32.1. The third-order valence-corrected chi connectivity index (χ3v) is 12.1. The van der Waals surface area contributed by atoms with Gasteiger partial charge in [0, 0.05) is 21.0 Å². The van der Waals surface area contributed by atoms with Crippen LogP contribution in [0.4, 0.5) is 0 Å². The van der Waals surface area contributed by atoms with Crippen LogP contribution in [0.1, 0.15) is 44.8 Å². The summed E-state index contributed by atoms with van der Waals surface area (Å²) in [6, 6.07) is 62.1. The fourth-order valence-corrected chi connectivity index (χ4v) is 10.3. The molecule has 2 bridgehead atoms. The van der Waals surface area contributed by atoms with E-state index in [1.165, 1.54) is 59.8 Å². The Morgan fingerprint density at radius 3 is 1.57 bits per heavy atom. The minimum atomic E-state index is -0.718. The van der Waals surface area contributed by atoms with E-state index >= 15 is 0 Å². The van der Waals surface area contributed by atoms with Gasteiger partial charge in [-0.25, -0.2) is 9.97 Å². The van der Waals surface area contributed by atoms with Gasteiger partial charge in [-0.2, -0.15) is 0 Å². The highest BCUT2D eigenvalue weighted by Crippen LogP contribution is 2.65. The van der Waals surface area contributed by atoms with Crippen LogP contribution in [-0.4, -0.2) is 9.97 Å². The molecule has 3 aliphatic carbocycles. The van der Waals surface area contributed by atoms with Crippen molar-refractivity contribution in [3.8, 4) is 11.3 Å². The number of nitrogens with zero attached hydrogens (tertiary/aromatic N) is 2. The molecule has 0 N–H and O–H groups in total. The molecule has 0 saturated carbocycles. The van der Waals surface area contributed by atoms with Crippen molar-refractivity contribution in [2.45, 2.75) is 10.8 Å². The number of benzene rings is 7. The van der Waals surface area contributed by atoms with Gasteiger partial charge in [-0.05, 0) is 55.8 Å². The number of hydrogen-bond donors (Lipinski definition) is 0. The van der Waals surface area contributed by atoms with Crippen molar-refractivity contribution in [1.82, 2.24) is 9.97 Å². The Bertz CT molecular complexity index is 2670. The molecule has 0 spiro atoms. The van der Waals surface area contributed by atoms with Gasteiger partial charge in [0.1, 0.15) is 16.1 Å². The van der Waals surface area contributed by atoms with Crippen molar-refractivity contribution in [3.05, 3.63) is 215 Å². The first kappa shape index (κ1) is 27.1. The van der Waals surface area contributed by atoms with Crippen molar-refractivity contribution in [1.29, 1.82) is 0 Å². The van der Waals surface area contributed by atoms with Gasteiger partial charge in [0.2, 0.25) is 0 Å². The van der Waals surface area contributed by atoms with E-state index < -0.39 is 10.8 Å². The van der Waals surface area contributed by atoms with E-state index in [1.807, 2.05) is 0 Å². The van der Waals surface area contributed by atoms with Gasteiger partial charge < -0.3 is 0 Å². The topological polar surface area (TPSA) is 25.8 Å². The molecular weight excluding hydrogens is 613 g/mol. The third-order valence-electron chi connectivity index (χ3n) is 11.0. The Labute approximate surface area is 288 Å². The standard InChI is InChI=1S/C46H28N2S/c1-2-17-30(18-3-1)45-34-22-7-10-25-37(34)46(38-26-11-8-23-35(38)45,39-27-12-9-24-36(39)45)44-47-42(32-21-14-16-29-15-4-5-19-31(29)32)41-33-20-6-13-28-40(33)49-43(41)48-44/h1-28H. The number of fused-ring (bicyclic) bond motifs is 4. The van der Waals surface area contributed by atoms with Crippen LogP contribution in [0.25, 0.3) is 42.3 Å². The summed E-state index contributed by atoms with van der Waals surface area (Å²) in [6.45, 7) is 0. The molecule has 0 amide bonds. The fourth-order valence-electron chi connectivity index (χ4n) is 9.22. The summed E-state index contributed by atoms with van der Waals surface area (Å²) < 4.78 is 1.22. The van der Waals surface area contributed by atoms with Crippen LogP contribution in [0.3, 0.4) is 0 Å². The molecule has 3 aliphatic rings. The minimum absolute atomic E-state index is 0.465. The van der Waals surface area contributed by atoms with Gasteiger partial charge in [0.25, 0.3) is 0 Å². The summed E-state index contributed by atoms with van der Waals surface area (Å²) in [5.41, 5.74) is 9.85. The Morgan fingerprint density at radius 2 is 0.918 bits per heavy atom. The largest absolute Gasteiger partial charge is 0.230 e. The van der Waals surface area contributed by atoms with Gasteiger partial charge >= 0.3 is 0 Å². The van der Waals surface area contributed by atoms with Crippen molar-refractivity contribution < 1.29 is 0 Å². The Kier molecular flexibility index (Phi) is 5.43. The van der Waals surface area contributed by atoms with E-state index in [1.54, 1.807) is 11.3 Å². The van der Waals surface area contributed by atoms with Gasteiger partial charge in [-0.3, -0.25) is 0 Å². The van der Waals surface area contributed by atoms with E-state index in [4.69, 9.17) is 9.97 Å². The van der Waals surface area contributed by atoms with Gasteiger partial charge in [0.05, 0.1) is 11.1 Å². The summed E-state index contributed by atoms with van der Waals surface area (Å²) in [4.78, 5) is 12.5. The number of thiophene rings is 1. The zero-order valence-corrected chi connectivity index (χ0v) is 27.3. The van der Waals surface area contributed by atoms with Crippen LogP contribution in [0.2, 0.25) is 0 Å². The smallest absolute Gasteiger partial charge is 0.150 e. The minimum Gasteiger partial charge on any atom is -0.230 e. The van der Waals surface area contributed by atoms with Crippen LogP contribution in [0, 0.1) is 0 Å². The lowest BCUT2D eigenvalue weighted by Crippen LogP contribution is -2.52. The molecule has 0 atom stereocenters. The molecule has 3 heteroatoms. The maximum absolute atomic E-state index is 5.82. The molecular formula is C46H28N2S. The van der Waals surface area contributed by atoms with Crippen molar-refractivity contribution >= 4 is 42.4 Å². The Hall–Kier alpha value is -5.90. The van der Waals surface area contributed by atoms with Crippen LogP contribution < -0.4 is 0 Å². The second kappa shape index (κ2) is 9.82. The van der Waals surface area contributed by atoms with Crippen molar-refractivity contribution in [2.24, 2.45) is 0 Å². The number of hydrogen-bond acceptors (Lipinski definition) is 3. The van der Waals surface area contributed by atoms with E-state index in [9.17, 15) is 0 Å². The molecule has 12 rings (SSSR count). The predicted molar refractivity (Wildman–Crippen MR) is 202 cm³/mol. The van der Waals surface area contributed by atoms with E-state index in [0.717, 1.165) is 27.3 Å². The first-order chi connectivity index (χ1) is 24.3. The van der Waals surface area contributed by atoms with Crippen LogP contribution in [0.5, 0.6) is 0 Å². The van der Waals surface area contributed by atoms with E-state index in [2.05, 4.69) is 170 Å². The van der Waals surface area contributed by atoms with Crippen molar-refractivity contribution in [3.63, 3.8) is 0 Å². The van der Waals surface area contributed by atoms with Crippen LogP contribution >= 0.6 is 11.3 Å². The molecule has 49 heavy (non-hydrogen) atoms. The maximum Gasteiger partial charge on any atom is 0.150 e. The second-order valence-corrected chi connectivity index (χ2v) is 14.2. The lowest BCUT2D eigenvalue weighted by Gasteiger charge is -2.56. The lowest BCUT2D eigenvalue weighted by atomic mass is 9.45. The lowest BCUT2D eigenvalue weighted by molar-refractivity contribution is 0.538. The number of aromatic nitrogens is 2. The second-order valence-electron chi connectivity index (χ2n) is 13.2. The molecule has 9 aromatic rings. The molecule has 228 valence electrons. The molecule has 0 aliphatic heterocycles. The highest BCUT2D eigenvalue weighted by Gasteiger charge is 2.61. The maximum atomic E-state index is 5.82. The van der Waals surface area contributed by atoms with E-state index in [-0.39, 0.29) is 0 Å². The molecule has 2 heterocycles. The number of rotatable bonds is 3. The zero-order chi connectivity index (χ0) is 32.2. The third kappa shape index (κ3) is 3.31. The van der Waals surface area contributed by atoms with E-state index in [0.29, 0.717) is 0 Å². The molecule has 0 unspecified atom stereocenters. The monoisotopic (exact) mass is 640 g/mol. The molecule has 0 radical (unpaired) electrons. The average molecular weight is 641 g/mol. The van der Waals surface area contributed by atoms with Gasteiger partial charge in [-0.15, -0.1) is 11.3 Å². The van der Waals surface area contributed by atoms with Crippen LogP contribution in [0.15, 0.2) is 170 Å². The molecule has 0 fully saturated rings. The summed E-state index contributed by atoms with van der Waals surface area (Å²) in [5, 5.41) is 4.72. The molecule has 7 aromatic carbocycles. The van der Waals surface area contributed by atoms with Crippen molar-refractivity contribution in [2.75, 3.05) is 0 Å². The van der Waals surface area contributed by atoms with Gasteiger partial charge in [-0.1, -0.05) is 164 Å². The SMILES string of the molecule is c1ccc(C23c4ccccc4C(c4nc(-c5cccc6ccccc56)c5c(n4)sc4ccccc45)(c4ccccc42)c2ccccc23)cc1. The molecule has 2 nitrogen and oxygen atoms in total. The summed E-state index contributed by atoms with van der Waals surface area (Å²) in [6.07, 6.45) is 0. The quantitative estimate of drug-likeness (QED) is 0.192. The summed E-state index contributed by atoms with van der Waals surface area (Å²) in [5.74, 6) is 0.822. The Morgan fingerprint density at radius 1 is 0.408 bits per heavy atom. The molecule has 2 aromatic heterocycles. The fraction of sp³-hybridized carbons (Fsp3) is 0.0435. The van der Waals surface area contributed by atoms with Crippen LogP contribution in [-0.2, 0) is 10.8 Å². The average Bonchev–Trinajstić information content (AvgIpc) is 3.56. The highest BCUT2D eigenvalue weighted by molar-refractivity contribution is 7.25. The van der Waals surface area contributed by atoms with Gasteiger partial charge in [0.15, 0.2) is 0 Å². The Balaban J connectivity index is 1.35. The zero-order valence-electron chi connectivity index (χ0n) is 26.5.